The van der Waals surface area contributed by atoms with Crippen LogP contribution in [-0.2, 0) is 6.18 Å². The number of alkyl halides is 3. The van der Waals surface area contributed by atoms with Gasteiger partial charge in [0.25, 0.3) is 0 Å². The largest absolute Gasteiger partial charge is 0.416 e. The maximum absolute atomic E-state index is 12.6. The molecule has 1 heterocycles. The summed E-state index contributed by atoms with van der Waals surface area (Å²) in [4.78, 5) is 19.1. The lowest BCUT2D eigenvalue weighted by atomic mass is 10.2. The summed E-state index contributed by atoms with van der Waals surface area (Å²) in [7, 11) is 1.43. The standard InChI is InChI=1S/C11H10F3N5O/c1-18(15)9-16-6-19(10(20)17-9)8-4-2-3-7(5-8)11(12,13)14/h2-6H,15H2,1H3. The van der Waals surface area contributed by atoms with E-state index in [1.807, 2.05) is 0 Å². The summed E-state index contributed by atoms with van der Waals surface area (Å²) in [5.74, 6) is 5.33. The van der Waals surface area contributed by atoms with E-state index in [1.54, 1.807) is 0 Å². The van der Waals surface area contributed by atoms with Crippen LogP contribution in [0.2, 0.25) is 0 Å². The molecule has 9 heteroatoms. The number of hydrazine groups is 1. The minimum atomic E-state index is -4.49. The highest BCUT2D eigenvalue weighted by Crippen LogP contribution is 2.29. The van der Waals surface area contributed by atoms with Crippen LogP contribution < -0.4 is 16.5 Å². The van der Waals surface area contributed by atoms with Gasteiger partial charge in [0, 0.05) is 7.05 Å². The van der Waals surface area contributed by atoms with Gasteiger partial charge >= 0.3 is 11.9 Å². The van der Waals surface area contributed by atoms with Crippen molar-refractivity contribution < 1.29 is 13.2 Å². The second-order valence-corrected chi connectivity index (χ2v) is 3.97. The Bertz CT molecular complexity index is 680. The van der Waals surface area contributed by atoms with Gasteiger partial charge in [0.05, 0.1) is 11.3 Å². The molecular weight excluding hydrogens is 275 g/mol. The fourth-order valence-electron chi connectivity index (χ4n) is 1.51. The van der Waals surface area contributed by atoms with Gasteiger partial charge < -0.3 is 0 Å². The number of halogens is 3. The molecule has 0 spiro atoms. The summed E-state index contributed by atoms with van der Waals surface area (Å²) in [6.45, 7) is 0. The zero-order valence-corrected chi connectivity index (χ0v) is 10.3. The molecule has 0 fully saturated rings. The Kier molecular flexibility index (Phi) is 3.45. The summed E-state index contributed by atoms with van der Waals surface area (Å²) in [6, 6.07) is 4.31. The highest BCUT2D eigenvalue weighted by molar-refractivity contribution is 5.37. The molecule has 0 aliphatic carbocycles. The SMILES string of the molecule is CN(N)c1ncn(-c2cccc(C(F)(F)F)c2)c(=O)n1. The molecule has 0 atom stereocenters. The molecule has 0 saturated carbocycles. The summed E-state index contributed by atoms with van der Waals surface area (Å²) in [5, 5.41) is 1.03. The van der Waals surface area contributed by atoms with E-state index in [-0.39, 0.29) is 11.6 Å². The van der Waals surface area contributed by atoms with Crippen LogP contribution in [0.1, 0.15) is 5.56 Å². The molecule has 0 saturated heterocycles. The van der Waals surface area contributed by atoms with Gasteiger partial charge in [-0.2, -0.15) is 18.2 Å². The van der Waals surface area contributed by atoms with E-state index >= 15 is 0 Å². The normalized spacial score (nSPS) is 11.4. The number of benzene rings is 1. The van der Waals surface area contributed by atoms with Crippen molar-refractivity contribution in [3.63, 3.8) is 0 Å². The number of anilines is 1. The van der Waals surface area contributed by atoms with Gasteiger partial charge in [-0.3, -0.25) is 9.58 Å². The topological polar surface area (TPSA) is 77.0 Å². The predicted octanol–water partition coefficient (Wildman–Crippen LogP) is 0.956. The van der Waals surface area contributed by atoms with Crippen molar-refractivity contribution >= 4 is 5.95 Å². The van der Waals surface area contributed by atoms with E-state index in [4.69, 9.17) is 5.84 Å². The Hall–Kier alpha value is -2.42. The van der Waals surface area contributed by atoms with Gasteiger partial charge in [-0.15, -0.1) is 0 Å². The van der Waals surface area contributed by atoms with Gasteiger partial charge in [0.2, 0.25) is 5.95 Å². The predicted molar refractivity (Wildman–Crippen MR) is 65.2 cm³/mol. The van der Waals surface area contributed by atoms with E-state index in [9.17, 15) is 18.0 Å². The minimum Gasteiger partial charge on any atom is -0.282 e. The Balaban J connectivity index is 2.50. The lowest BCUT2D eigenvalue weighted by molar-refractivity contribution is -0.137. The third kappa shape index (κ3) is 2.77. The van der Waals surface area contributed by atoms with Crippen LogP contribution in [0.15, 0.2) is 35.4 Å². The Labute approximate surface area is 111 Å². The van der Waals surface area contributed by atoms with Crippen molar-refractivity contribution in [2.45, 2.75) is 6.18 Å². The summed E-state index contributed by atoms with van der Waals surface area (Å²) >= 11 is 0. The first-order valence-electron chi connectivity index (χ1n) is 5.41. The van der Waals surface area contributed by atoms with Gasteiger partial charge in [0.1, 0.15) is 6.33 Å². The number of rotatable bonds is 2. The van der Waals surface area contributed by atoms with Crippen molar-refractivity contribution in [3.05, 3.63) is 46.6 Å². The summed E-state index contributed by atoms with van der Waals surface area (Å²) in [6.07, 6.45) is -3.42. The number of hydrogen-bond donors (Lipinski definition) is 1. The summed E-state index contributed by atoms with van der Waals surface area (Å²) < 4.78 is 38.7. The number of nitrogens with zero attached hydrogens (tertiary/aromatic N) is 4. The molecule has 2 rings (SSSR count). The molecule has 0 amide bonds. The molecule has 0 aliphatic rings. The zero-order valence-electron chi connectivity index (χ0n) is 10.3. The van der Waals surface area contributed by atoms with Crippen molar-refractivity contribution in [2.24, 2.45) is 5.84 Å². The third-order valence-electron chi connectivity index (χ3n) is 2.46. The van der Waals surface area contributed by atoms with Crippen LogP contribution in [0.4, 0.5) is 19.1 Å². The molecule has 1 aromatic heterocycles. The molecule has 6 nitrogen and oxygen atoms in total. The summed E-state index contributed by atoms with van der Waals surface area (Å²) in [5.41, 5.74) is -1.61. The van der Waals surface area contributed by atoms with E-state index in [0.717, 1.165) is 28.0 Å². The number of nitrogens with two attached hydrogens (primary N) is 1. The number of aromatic nitrogens is 3. The van der Waals surface area contributed by atoms with E-state index in [0.29, 0.717) is 0 Å². The van der Waals surface area contributed by atoms with Gasteiger partial charge in [-0.05, 0) is 18.2 Å². The molecule has 1 aromatic carbocycles. The van der Waals surface area contributed by atoms with Crippen molar-refractivity contribution in [3.8, 4) is 5.69 Å². The fourth-order valence-corrected chi connectivity index (χ4v) is 1.51. The average Bonchev–Trinajstić information content (AvgIpc) is 2.37. The van der Waals surface area contributed by atoms with Crippen LogP contribution in [0.3, 0.4) is 0 Å². The maximum atomic E-state index is 12.6. The first-order valence-corrected chi connectivity index (χ1v) is 5.41. The minimum absolute atomic E-state index is 0.0241. The zero-order chi connectivity index (χ0) is 14.9. The van der Waals surface area contributed by atoms with Gasteiger partial charge in [-0.1, -0.05) is 6.07 Å². The van der Waals surface area contributed by atoms with Gasteiger partial charge in [0.15, 0.2) is 0 Å². The lowest BCUT2D eigenvalue weighted by Gasteiger charge is -2.12. The second kappa shape index (κ2) is 4.93. The molecule has 2 N–H and O–H groups in total. The maximum Gasteiger partial charge on any atom is 0.416 e. The average molecular weight is 285 g/mol. The molecule has 0 bridgehead atoms. The molecule has 2 aromatic rings. The van der Waals surface area contributed by atoms with Crippen molar-refractivity contribution in [1.29, 1.82) is 0 Å². The smallest absolute Gasteiger partial charge is 0.282 e. The van der Waals surface area contributed by atoms with Crippen molar-refractivity contribution in [1.82, 2.24) is 14.5 Å². The van der Waals surface area contributed by atoms with Crippen LogP contribution in [0, 0.1) is 0 Å². The van der Waals surface area contributed by atoms with Crippen LogP contribution in [-0.4, -0.2) is 21.6 Å². The van der Waals surface area contributed by atoms with E-state index in [2.05, 4.69) is 9.97 Å². The molecule has 20 heavy (non-hydrogen) atoms. The Morgan fingerprint density at radius 1 is 1.35 bits per heavy atom. The number of hydrogen-bond acceptors (Lipinski definition) is 5. The molecule has 0 aliphatic heterocycles. The third-order valence-corrected chi connectivity index (χ3v) is 2.46. The van der Waals surface area contributed by atoms with Gasteiger partial charge in [-0.25, -0.2) is 15.6 Å². The van der Waals surface area contributed by atoms with Crippen molar-refractivity contribution in [2.75, 3.05) is 12.1 Å². The van der Waals surface area contributed by atoms with Crippen LogP contribution >= 0.6 is 0 Å². The highest BCUT2D eigenvalue weighted by atomic mass is 19.4. The Morgan fingerprint density at radius 3 is 2.60 bits per heavy atom. The van der Waals surface area contributed by atoms with Crippen LogP contribution in [0.25, 0.3) is 5.69 Å². The Morgan fingerprint density at radius 2 is 2.05 bits per heavy atom. The second-order valence-electron chi connectivity index (χ2n) is 3.97. The molecular formula is C11H10F3N5O. The molecule has 0 radical (unpaired) electrons. The lowest BCUT2D eigenvalue weighted by Crippen LogP contribution is -2.32. The van der Waals surface area contributed by atoms with E-state index < -0.39 is 17.4 Å². The first-order chi connectivity index (χ1) is 9.29. The van der Waals surface area contributed by atoms with E-state index in [1.165, 1.54) is 19.2 Å². The monoisotopic (exact) mass is 285 g/mol. The first kappa shape index (κ1) is 14.0. The fraction of sp³-hybridized carbons (Fsp3) is 0.182. The molecule has 106 valence electrons. The quantitative estimate of drug-likeness (QED) is 0.657. The highest BCUT2D eigenvalue weighted by Gasteiger charge is 2.30. The van der Waals surface area contributed by atoms with Crippen LogP contribution in [0.5, 0.6) is 0 Å². The molecule has 0 unspecified atom stereocenters.